The van der Waals surface area contributed by atoms with Gasteiger partial charge in [0.15, 0.2) is 9.84 Å². The quantitative estimate of drug-likeness (QED) is 0.703. The van der Waals surface area contributed by atoms with Crippen LogP contribution in [0, 0.1) is 12.3 Å². The number of nitrogens with one attached hydrogen (secondary N) is 1. The van der Waals surface area contributed by atoms with Crippen LogP contribution in [0.1, 0.15) is 32.8 Å². The van der Waals surface area contributed by atoms with Gasteiger partial charge in [-0.3, -0.25) is 9.52 Å². The first-order valence-corrected chi connectivity index (χ1v) is 12.2. The summed E-state index contributed by atoms with van der Waals surface area (Å²) in [5, 5.41) is 0. The fourth-order valence-electron chi connectivity index (χ4n) is 2.96. The molecule has 2 rings (SSSR count). The van der Waals surface area contributed by atoms with E-state index in [1.807, 2.05) is 27.7 Å². The van der Waals surface area contributed by atoms with Gasteiger partial charge in [-0.1, -0.05) is 38.5 Å². The average molecular weight is 433 g/mol. The Morgan fingerprint density at radius 2 is 1.86 bits per heavy atom. The van der Waals surface area contributed by atoms with Crippen molar-refractivity contribution in [2.24, 2.45) is 5.41 Å². The number of hydrogen-bond donors (Lipinski definition) is 1. The van der Waals surface area contributed by atoms with Gasteiger partial charge in [0.1, 0.15) is 6.61 Å². The molecule has 0 spiro atoms. The molecule has 1 aromatic carbocycles. The summed E-state index contributed by atoms with van der Waals surface area (Å²) < 4.78 is 55.0. The van der Waals surface area contributed by atoms with E-state index in [4.69, 9.17) is 4.18 Å². The summed E-state index contributed by atoms with van der Waals surface area (Å²) in [5.74, 6) is -0.630. The van der Waals surface area contributed by atoms with Crippen molar-refractivity contribution in [2.45, 2.75) is 40.2 Å². The number of carbonyl (C=O) groups is 1. The van der Waals surface area contributed by atoms with Crippen LogP contribution in [-0.2, 0) is 29.1 Å². The van der Waals surface area contributed by atoms with E-state index >= 15 is 0 Å². The molecule has 1 amide bonds. The highest BCUT2D eigenvalue weighted by atomic mass is 32.2. The van der Waals surface area contributed by atoms with E-state index in [9.17, 15) is 21.6 Å². The maximum absolute atomic E-state index is 12.7. The number of anilines is 1. The van der Waals surface area contributed by atoms with E-state index in [1.165, 1.54) is 4.90 Å². The number of aryl methyl sites for hydroxylation is 1. The van der Waals surface area contributed by atoms with Crippen LogP contribution in [0.3, 0.4) is 0 Å². The second kappa shape index (κ2) is 8.38. The van der Waals surface area contributed by atoms with Gasteiger partial charge in [0.25, 0.3) is 0 Å². The van der Waals surface area contributed by atoms with Crippen molar-refractivity contribution < 1.29 is 25.8 Å². The summed E-state index contributed by atoms with van der Waals surface area (Å²) in [4.78, 5) is 14.1. The third-order valence-electron chi connectivity index (χ3n) is 4.25. The van der Waals surface area contributed by atoms with Crippen LogP contribution in [0.25, 0.3) is 0 Å². The Labute approximate surface area is 167 Å². The first-order valence-electron chi connectivity index (χ1n) is 9.00. The SMILES string of the molecule is Cc1ccc(NS(=O)(=O)OCC(=O)N(CC(C)(C)C)C2CCS(=O)(=O)C2)cc1. The molecule has 1 atom stereocenters. The molecule has 0 bridgehead atoms. The van der Waals surface area contributed by atoms with Crippen LogP contribution in [0.2, 0.25) is 0 Å². The first kappa shape index (κ1) is 22.6. The van der Waals surface area contributed by atoms with Gasteiger partial charge in [0.05, 0.1) is 17.2 Å². The largest absolute Gasteiger partial charge is 0.360 e. The van der Waals surface area contributed by atoms with Crippen molar-refractivity contribution in [3.8, 4) is 0 Å². The number of carbonyl (C=O) groups excluding carboxylic acids is 1. The molecule has 0 aliphatic carbocycles. The van der Waals surface area contributed by atoms with Gasteiger partial charge in [0.2, 0.25) is 5.91 Å². The number of amides is 1. The zero-order valence-corrected chi connectivity index (χ0v) is 18.3. The predicted molar refractivity (Wildman–Crippen MR) is 108 cm³/mol. The molecule has 158 valence electrons. The summed E-state index contributed by atoms with van der Waals surface area (Å²) in [6.07, 6.45) is 0.346. The van der Waals surface area contributed by atoms with Crippen molar-refractivity contribution in [3.63, 3.8) is 0 Å². The monoisotopic (exact) mass is 432 g/mol. The zero-order valence-electron chi connectivity index (χ0n) is 16.6. The third-order valence-corrected chi connectivity index (χ3v) is 6.91. The molecule has 1 heterocycles. The third kappa shape index (κ3) is 7.06. The Morgan fingerprint density at radius 1 is 1.25 bits per heavy atom. The second-order valence-corrected chi connectivity index (χ2v) is 11.9. The van der Waals surface area contributed by atoms with Crippen LogP contribution in [0.5, 0.6) is 0 Å². The smallest absolute Gasteiger partial charge is 0.336 e. The lowest BCUT2D eigenvalue weighted by Gasteiger charge is -2.34. The van der Waals surface area contributed by atoms with Crippen LogP contribution in [0.15, 0.2) is 24.3 Å². The number of benzene rings is 1. The van der Waals surface area contributed by atoms with Crippen LogP contribution in [-0.4, -0.2) is 58.3 Å². The summed E-state index contributed by atoms with van der Waals surface area (Å²) in [6, 6.07) is 6.21. The van der Waals surface area contributed by atoms with Crippen molar-refractivity contribution in [3.05, 3.63) is 29.8 Å². The van der Waals surface area contributed by atoms with E-state index in [-0.39, 0.29) is 16.9 Å². The molecule has 1 aliphatic heterocycles. The van der Waals surface area contributed by atoms with Crippen molar-refractivity contribution in [1.82, 2.24) is 4.90 Å². The first-order chi connectivity index (χ1) is 12.8. The minimum atomic E-state index is -4.18. The summed E-state index contributed by atoms with van der Waals surface area (Å²) in [5.41, 5.74) is 1.02. The van der Waals surface area contributed by atoms with Gasteiger partial charge in [-0.05, 0) is 30.9 Å². The zero-order chi connectivity index (χ0) is 21.2. The van der Waals surface area contributed by atoms with Crippen molar-refractivity contribution in [2.75, 3.05) is 29.4 Å². The molecule has 1 aliphatic rings. The fourth-order valence-corrected chi connectivity index (χ4v) is 5.43. The average Bonchev–Trinajstić information content (AvgIpc) is 2.91. The molecule has 8 nitrogen and oxygen atoms in total. The lowest BCUT2D eigenvalue weighted by molar-refractivity contribution is -0.136. The maximum Gasteiger partial charge on any atom is 0.360 e. The molecular formula is C18H28N2O6S2. The molecule has 0 saturated carbocycles. The molecule has 10 heteroatoms. The lowest BCUT2D eigenvalue weighted by Crippen LogP contribution is -2.47. The summed E-state index contributed by atoms with van der Waals surface area (Å²) in [6.45, 7) is 7.27. The molecule has 28 heavy (non-hydrogen) atoms. The van der Waals surface area contributed by atoms with Gasteiger partial charge >= 0.3 is 10.3 Å². The molecule has 1 aromatic rings. The molecule has 1 unspecified atom stereocenters. The fraction of sp³-hybridized carbons (Fsp3) is 0.611. The van der Waals surface area contributed by atoms with E-state index in [0.29, 0.717) is 18.7 Å². The second-order valence-electron chi connectivity index (χ2n) is 8.32. The van der Waals surface area contributed by atoms with Gasteiger partial charge in [-0.25, -0.2) is 12.6 Å². The highest BCUT2D eigenvalue weighted by Crippen LogP contribution is 2.23. The molecular weight excluding hydrogens is 404 g/mol. The minimum Gasteiger partial charge on any atom is -0.336 e. The Kier molecular flexibility index (Phi) is 6.78. The van der Waals surface area contributed by atoms with Crippen LogP contribution in [0.4, 0.5) is 5.69 Å². The highest BCUT2D eigenvalue weighted by molar-refractivity contribution is 7.91. The Balaban J connectivity index is 2.04. The topological polar surface area (TPSA) is 110 Å². The Hall–Kier alpha value is -1.65. The molecule has 0 aromatic heterocycles. The Bertz CT molecular complexity index is 902. The van der Waals surface area contributed by atoms with Crippen molar-refractivity contribution in [1.29, 1.82) is 0 Å². The van der Waals surface area contributed by atoms with E-state index in [1.54, 1.807) is 24.3 Å². The highest BCUT2D eigenvalue weighted by Gasteiger charge is 2.36. The normalized spacial score (nSPS) is 19.4. The predicted octanol–water partition coefficient (Wildman–Crippen LogP) is 1.73. The lowest BCUT2D eigenvalue weighted by atomic mass is 9.95. The van der Waals surface area contributed by atoms with E-state index in [0.717, 1.165) is 5.56 Å². The van der Waals surface area contributed by atoms with Gasteiger partial charge in [0, 0.05) is 12.6 Å². The van der Waals surface area contributed by atoms with Crippen molar-refractivity contribution >= 4 is 31.7 Å². The Morgan fingerprint density at radius 3 is 2.36 bits per heavy atom. The molecule has 1 fully saturated rings. The van der Waals surface area contributed by atoms with Crippen LogP contribution < -0.4 is 4.72 Å². The van der Waals surface area contributed by atoms with E-state index in [2.05, 4.69) is 4.72 Å². The minimum absolute atomic E-state index is 0.0275. The van der Waals surface area contributed by atoms with Crippen LogP contribution >= 0.6 is 0 Å². The summed E-state index contributed by atoms with van der Waals surface area (Å²) in [7, 11) is -7.36. The molecule has 0 radical (unpaired) electrons. The maximum atomic E-state index is 12.7. The van der Waals surface area contributed by atoms with Gasteiger partial charge in [-0.15, -0.1) is 0 Å². The molecule has 1 N–H and O–H groups in total. The summed E-state index contributed by atoms with van der Waals surface area (Å²) >= 11 is 0. The number of hydrogen-bond acceptors (Lipinski definition) is 6. The standard InChI is InChI=1S/C18H28N2O6S2/c1-14-5-7-15(8-6-14)19-28(24,25)26-11-17(21)20(13-18(2,3)4)16-9-10-27(22,23)12-16/h5-8,16,19H,9-13H2,1-4H3. The van der Waals surface area contributed by atoms with E-state index < -0.39 is 38.7 Å². The van der Waals surface area contributed by atoms with Gasteiger partial charge < -0.3 is 4.90 Å². The number of sulfone groups is 1. The number of rotatable bonds is 7. The molecule has 1 saturated heterocycles. The van der Waals surface area contributed by atoms with Gasteiger partial charge in [-0.2, -0.15) is 8.42 Å². The number of nitrogens with zero attached hydrogens (tertiary/aromatic N) is 1.